The average molecular weight is 1080 g/mol. The Morgan fingerprint density at radius 3 is 2.35 bits per heavy atom. The summed E-state index contributed by atoms with van der Waals surface area (Å²) in [6, 6.07) is 19.8. The van der Waals surface area contributed by atoms with Crippen LogP contribution in [0, 0.1) is 39.0 Å². The van der Waals surface area contributed by atoms with Crippen molar-refractivity contribution in [3.8, 4) is 15.4 Å². The molecule has 0 radical (unpaired) electrons. The van der Waals surface area contributed by atoms with Crippen molar-refractivity contribution < 1.29 is 38.2 Å². The van der Waals surface area contributed by atoms with Gasteiger partial charge in [0.05, 0.1) is 53.4 Å². The van der Waals surface area contributed by atoms with Crippen molar-refractivity contribution in [1.29, 1.82) is 0 Å². The number of aromatic nitrogens is 4. The maximum atomic E-state index is 14.4. The zero-order valence-corrected chi connectivity index (χ0v) is 46.1. The quantitative estimate of drug-likeness (QED) is 0.0800. The van der Waals surface area contributed by atoms with Crippen LogP contribution in [0.5, 0.6) is 0 Å². The van der Waals surface area contributed by atoms with Crippen molar-refractivity contribution in [3.63, 3.8) is 0 Å². The van der Waals surface area contributed by atoms with E-state index in [0.717, 1.165) is 59.7 Å². The number of amides is 4. The number of fused-ring (bicyclic) bond motifs is 4. The molecule has 4 N–H and O–H groups in total. The minimum absolute atomic E-state index is 0.0147. The first-order chi connectivity index (χ1) is 36.8. The fraction of sp³-hybridized carbons (Fsp3) is 0.386. The third-order valence-electron chi connectivity index (χ3n) is 14.9. The van der Waals surface area contributed by atoms with Crippen molar-refractivity contribution in [2.45, 2.75) is 105 Å². The van der Waals surface area contributed by atoms with E-state index in [0.29, 0.717) is 47.8 Å². The average Bonchev–Trinajstić information content (AvgIpc) is 4.32. The van der Waals surface area contributed by atoms with Gasteiger partial charge in [0, 0.05) is 58.8 Å². The number of aryl methyl sites for hydroxylation is 3. The highest BCUT2D eigenvalue weighted by Crippen LogP contribution is 2.40. The zero-order chi connectivity index (χ0) is 54.6. The highest BCUT2D eigenvalue weighted by Gasteiger charge is 2.45. The number of aliphatic hydroxyl groups excluding tert-OH is 1. The highest BCUT2D eigenvalue weighted by molar-refractivity contribution is 7.15. The van der Waals surface area contributed by atoms with Gasteiger partial charge in [-0.05, 0) is 99.5 Å². The second kappa shape index (κ2) is 21.1. The van der Waals surface area contributed by atoms with Crippen LogP contribution in [-0.2, 0) is 23.9 Å². The van der Waals surface area contributed by atoms with Crippen LogP contribution in [0.1, 0.15) is 114 Å². The van der Waals surface area contributed by atoms with Crippen molar-refractivity contribution in [3.05, 3.63) is 129 Å². The molecule has 0 spiro atoms. The van der Waals surface area contributed by atoms with Crippen LogP contribution in [0.15, 0.2) is 87.7 Å². The van der Waals surface area contributed by atoms with E-state index in [9.17, 15) is 29.1 Å². The van der Waals surface area contributed by atoms with Gasteiger partial charge in [0.25, 0.3) is 5.91 Å². The highest BCUT2D eigenvalue weighted by atomic mass is 32.1. The molecule has 3 aliphatic rings. The number of likely N-dealkylation sites (tertiary alicyclic amines) is 1. The molecule has 400 valence electrons. The van der Waals surface area contributed by atoms with Gasteiger partial charge >= 0.3 is 5.97 Å². The Labute approximate surface area is 454 Å². The number of rotatable bonds is 13. The van der Waals surface area contributed by atoms with E-state index >= 15 is 0 Å². The molecule has 6 atom stereocenters. The van der Waals surface area contributed by atoms with Crippen molar-refractivity contribution in [2.75, 3.05) is 37.0 Å². The van der Waals surface area contributed by atoms with Crippen molar-refractivity contribution in [2.24, 2.45) is 16.3 Å². The Bertz CT molecular complexity index is 3460. The molecular formula is C57H62N10O8S2. The molecule has 0 unspecified atom stereocenters. The number of hydrogen-bond acceptors (Lipinski definition) is 15. The molecule has 18 nitrogen and oxygen atoms in total. The molecule has 2 fully saturated rings. The molecule has 2 saturated heterocycles. The predicted octanol–water partition coefficient (Wildman–Crippen LogP) is 8.34. The van der Waals surface area contributed by atoms with E-state index in [2.05, 4.69) is 49.9 Å². The van der Waals surface area contributed by atoms with Crippen molar-refractivity contribution >= 4 is 80.3 Å². The fourth-order valence-corrected chi connectivity index (χ4v) is 12.5. The van der Waals surface area contributed by atoms with E-state index in [4.69, 9.17) is 14.1 Å². The number of aliphatic imine (C=N–C) groups is 1. The van der Waals surface area contributed by atoms with E-state index in [1.807, 2.05) is 100 Å². The molecule has 4 aromatic heterocycles. The first-order valence-corrected chi connectivity index (χ1v) is 27.4. The predicted molar refractivity (Wildman–Crippen MR) is 296 cm³/mol. The van der Waals surface area contributed by atoms with Gasteiger partial charge in [-0.2, -0.15) is 0 Å². The van der Waals surface area contributed by atoms with E-state index in [1.54, 1.807) is 46.9 Å². The first kappa shape index (κ1) is 52.9. The molecule has 0 aliphatic carbocycles. The van der Waals surface area contributed by atoms with Crippen molar-refractivity contribution in [1.82, 2.24) is 35.3 Å². The van der Waals surface area contributed by atoms with Gasteiger partial charge in [0.15, 0.2) is 11.6 Å². The maximum absolute atomic E-state index is 14.4. The number of hydrogen-bond donors (Lipinski definition) is 4. The van der Waals surface area contributed by atoms with Gasteiger partial charge in [-0.3, -0.25) is 33.5 Å². The van der Waals surface area contributed by atoms with Gasteiger partial charge in [-0.1, -0.05) is 57.2 Å². The first-order valence-electron chi connectivity index (χ1n) is 25.7. The van der Waals surface area contributed by atoms with Crippen LogP contribution in [0.25, 0.3) is 26.4 Å². The number of carbonyl (C=O) groups excluding carboxylic acids is 5. The molecule has 0 bridgehead atoms. The van der Waals surface area contributed by atoms with Crippen LogP contribution < -0.4 is 20.9 Å². The molecule has 0 saturated carbocycles. The lowest BCUT2D eigenvalue weighted by Crippen LogP contribution is -2.57. The van der Waals surface area contributed by atoms with Gasteiger partial charge in [-0.15, -0.1) is 32.9 Å². The maximum Gasteiger partial charge on any atom is 0.308 e. The SMILES string of the molecule is COC(=O)C[C@@H]1N=C(c2ccc(N3CC[C@H](C(=O)Nc4ccc5oc(C(=O)N[C@H](C(=O)N6C[C@H](O)C[C@H]6C(=O)N[C@@H](C)c6ccc(-c7scnc7C)cc6)C(C)(C)C)cc5c4)C3)cc2)c2c(sc(C)c2C)-n2c(C)nnc21. The van der Waals surface area contributed by atoms with E-state index < -0.39 is 53.3 Å². The standard InChI is InChI=1S/C57H62N10O8S2/c1-29-32(4)77-56-47(29)48(61-42(25-46(69)74-9)51-64-63-33(5)67(51)56)35-14-17-40(18-15-35)65-21-20-37(26-65)52(70)60-39-16-19-44-38(22-39)23-45(75-44)54(72)62-50(57(6,7)8)55(73)66-27-41(68)24-43(66)53(71)59-30(2)34-10-12-36(13-11-34)49-31(3)58-28-76-49/h10-19,22-23,28,30,37,41-43,50,68H,20-21,24-27H2,1-9H3,(H,59,71)(H,60,70)(H,62,72)/t30-,37-,41+,42-,43-,50+/m0/s1. The number of benzene rings is 3. The number of β-amino-alcohol motifs (C(OH)–C–C–N with tert-alkyl or cyclic N) is 1. The molecule has 3 aromatic carbocycles. The Balaban J connectivity index is 0.774. The normalized spacial score (nSPS) is 19.0. The Hall–Kier alpha value is -7.55. The lowest BCUT2D eigenvalue weighted by atomic mass is 9.85. The summed E-state index contributed by atoms with van der Waals surface area (Å²) in [6.45, 7) is 16.5. The van der Waals surface area contributed by atoms with Crippen LogP contribution in [0.2, 0.25) is 0 Å². The molecular weight excluding hydrogens is 1020 g/mol. The largest absolute Gasteiger partial charge is 0.469 e. The molecule has 20 heteroatoms. The monoisotopic (exact) mass is 1080 g/mol. The fourth-order valence-electron chi connectivity index (χ4n) is 10.5. The summed E-state index contributed by atoms with van der Waals surface area (Å²) in [5.74, 6) is -1.08. The lowest BCUT2D eigenvalue weighted by Gasteiger charge is -2.35. The summed E-state index contributed by atoms with van der Waals surface area (Å²) in [6.07, 6.45) is -0.218. The topological polar surface area (TPSA) is 226 Å². The molecule has 4 amide bonds. The zero-order valence-electron chi connectivity index (χ0n) is 44.5. The lowest BCUT2D eigenvalue weighted by molar-refractivity contribution is -0.142. The number of furan rings is 1. The van der Waals surface area contributed by atoms with E-state index in [1.165, 1.54) is 12.0 Å². The number of esters is 1. The van der Waals surface area contributed by atoms with Crippen LogP contribution in [-0.4, -0.2) is 110 Å². The van der Waals surface area contributed by atoms with Crippen LogP contribution in [0.4, 0.5) is 11.4 Å². The number of aliphatic hydroxyl groups is 1. The van der Waals surface area contributed by atoms with Gasteiger partial charge in [-0.25, -0.2) is 4.98 Å². The minimum Gasteiger partial charge on any atom is -0.469 e. The second-order valence-corrected chi connectivity index (χ2v) is 23.4. The summed E-state index contributed by atoms with van der Waals surface area (Å²) in [7, 11) is 1.36. The Morgan fingerprint density at radius 2 is 1.65 bits per heavy atom. The number of anilines is 2. The number of carbonyl (C=O) groups is 5. The smallest absolute Gasteiger partial charge is 0.308 e. The van der Waals surface area contributed by atoms with Gasteiger partial charge in [0.2, 0.25) is 17.7 Å². The summed E-state index contributed by atoms with van der Waals surface area (Å²) in [5.41, 5.74) is 9.52. The molecule has 3 aliphatic heterocycles. The Kier molecular flexibility index (Phi) is 14.5. The third kappa shape index (κ3) is 10.5. The summed E-state index contributed by atoms with van der Waals surface area (Å²) >= 11 is 3.21. The molecule has 7 aromatic rings. The summed E-state index contributed by atoms with van der Waals surface area (Å²) in [5, 5.41) is 30.1. The number of ether oxygens (including phenoxy) is 1. The Morgan fingerprint density at radius 1 is 0.909 bits per heavy atom. The molecule has 77 heavy (non-hydrogen) atoms. The number of thiophene rings is 1. The molecule has 7 heterocycles. The van der Waals surface area contributed by atoms with Crippen LogP contribution >= 0.6 is 22.7 Å². The number of nitrogens with zero attached hydrogens (tertiary/aromatic N) is 7. The van der Waals surface area contributed by atoms with Gasteiger partial charge in [0.1, 0.15) is 34.5 Å². The second-order valence-electron chi connectivity index (χ2n) is 21.3. The third-order valence-corrected chi connectivity index (χ3v) is 17.1. The van der Waals surface area contributed by atoms with Crippen LogP contribution in [0.3, 0.4) is 0 Å². The summed E-state index contributed by atoms with van der Waals surface area (Å²) < 4.78 is 13.0. The van der Waals surface area contributed by atoms with E-state index in [-0.39, 0.29) is 43.0 Å². The van der Waals surface area contributed by atoms with Gasteiger partial charge < -0.3 is 40.0 Å². The number of thiazole rings is 1. The molecule has 10 rings (SSSR count). The minimum atomic E-state index is -1.08. The number of nitrogens with one attached hydrogen (secondary N) is 3. The number of methoxy groups -OCH3 is 1. The summed E-state index contributed by atoms with van der Waals surface area (Å²) in [4.78, 5) is 83.9.